The van der Waals surface area contributed by atoms with Crippen LogP contribution in [0.15, 0.2) is 47.1 Å². The van der Waals surface area contributed by atoms with Gasteiger partial charge in [-0.3, -0.25) is 0 Å². The van der Waals surface area contributed by atoms with Gasteiger partial charge in [0.2, 0.25) is 0 Å². The van der Waals surface area contributed by atoms with E-state index >= 15 is 0 Å². The number of hydrogen-bond acceptors (Lipinski definition) is 2. The minimum atomic E-state index is -0.201. The fourth-order valence-corrected chi connectivity index (χ4v) is 1.88. The molecule has 0 saturated heterocycles. The van der Waals surface area contributed by atoms with E-state index < -0.39 is 0 Å². The maximum Gasteiger partial charge on any atom is 0.319 e. The molecule has 19 heavy (non-hydrogen) atoms. The maximum absolute atomic E-state index is 11.9. The molecule has 0 aliphatic heterocycles. The zero-order valence-electron chi connectivity index (χ0n) is 11.1. The van der Waals surface area contributed by atoms with Crippen molar-refractivity contribution in [3.8, 4) is 0 Å². The zero-order valence-corrected chi connectivity index (χ0v) is 11.1. The molecule has 2 N–H and O–H groups in total. The van der Waals surface area contributed by atoms with Crippen LogP contribution in [0.3, 0.4) is 0 Å². The molecule has 1 aromatic carbocycles. The van der Waals surface area contributed by atoms with Gasteiger partial charge < -0.3 is 15.1 Å². The Hall–Kier alpha value is -2.23. The summed E-state index contributed by atoms with van der Waals surface area (Å²) in [5.41, 5.74) is 1.86. The van der Waals surface area contributed by atoms with E-state index in [0.717, 1.165) is 17.0 Å². The fourth-order valence-electron chi connectivity index (χ4n) is 1.88. The predicted molar refractivity (Wildman–Crippen MR) is 75.2 cm³/mol. The molecule has 100 valence electrons. The second-order valence-corrected chi connectivity index (χ2v) is 4.60. The minimum Gasteiger partial charge on any atom is -0.469 e. The molecule has 0 bridgehead atoms. The molecule has 1 aromatic heterocycles. The molecule has 0 spiro atoms. The third kappa shape index (κ3) is 3.88. The van der Waals surface area contributed by atoms with E-state index in [1.54, 1.807) is 6.26 Å². The van der Waals surface area contributed by atoms with Gasteiger partial charge in [-0.1, -0.05) is 18.2 Å². The molecule has 0 radical (unpaired) electrons. The van der Waals surface area contributed by atoms with Crippen molar-refractivity contribution in [2.45, 2.75) is 26.3 Å². The van der Waals surface area contributed by atoms with Crippen LogP contribution in [-0.4, -0.2) is 12.1 Å². The zero-order chi connectivity index (χ0) is 13.7. The highest BCUT2D eigenvalue weighted by Gasteiger charge is 2.10. The molecule has 0 unspecified atom stereocenters. The highest BCUT2D eigenvalue weighted by Crippen LogP contribution is 2.12. The summed E-state index contributed by atoms with van der Waals surface area (Å²) < 4.78 is 5.25. The van der Waals surface area contributed by atoms with E-state index in [1.165, 1.54) is 0 Å². The van der Waals surface area contributed by atoms with Crippen molar-refractivity contribution in [2.24, 2.45) is 0 Å². The van der Waals surface area contributed by atoms with Crippen LogP contribution < -0.4 is 10.6 Å². The number of rotatable bonds is 4. The predicted octanol–water partition coefficient (Wildman–Crippen LogP) is 3.34. The van der Waals surface area contributed by atoms with Crippen molar-refractivity contribution in [2.75, 3.05) is 5.32 Å². The van der Waals surface area contributed by atoms with Crippen molar-refractivity contribution < 1.29 is 9.21 Å². The number of furan rings is 1. The average Bonchev–Trinajstić information content (AvgIpc) is 2.84. The summed E-state index contributed by atoms with van der Waals surface area (Å²) in [5.74, 6) is 0.865. The lowest BCUT2D eigenvalue weighted by atomic mass is 10.2. The van der Waals surface area contributed by atoms with Crippen LogP contribution in [0.4, 0.5) is 10.5 Å². The van der Waals surface area contributed by atoms with Crippen molar-refractivity contribution in [1.29, 1.82) is 0 Å². The average molecular weight is 258 g/mol. The molecular weight excluding hydrogens is 240 g/mol. The molecule has 2 amide bonds. The number of anilines is 1. The van der Waals surface area contributed by atoms with Crippen LogP contribution in [0, 0.1) is 6.92 Å². The van der Waals surface area contributed by atoms with E-state index in [4.69, 9.17) is 4.42 Å². The van der Waals surface area contributed by atoms with Gasteiger partial charge in [-0.25, -0.2) is 4.79 Å². The number of amides is 2. The second-order valence-electron chi connectivity index (χ2n) is 4.60. The first-order chi connectivity index (χ1) is 9.15. The van der Waals surface area contributed by atoms with Gasteiger partial charge in [0.25, 0.3) is 0 Å². The molecule has 1 heterocycles. The molecule has 0 saturated carbocycles. The number of aryl methyl sites for hydroxylation is 1. The lowest BCUT2D eigenvalue weighted by Gasteiger charge is -2.14. The second kappa shape index (κ2) is 6.09. The third-order valence-corrected chi connectivity index (χ3v) is 2.86. The Bertz CT molecular complexity index is 535. The largest absolute Gasteiger partial charge is 0.469 e. The van der Waals surface area contributed by atoms with Crippen LogP contribution in [0.1, 0.15) is 18.2 Å². The van der Waals surface area contributed by atoms with E-state index in [-0.39, 0.29) is 12.1 Å². The van der Waals surface area contributed by atoms with Gasteiger partial charge in [0.15, 0.2) is 0 Å². The summed E-state index contributed by atoms with van der Waals surface area (Å²) in [6.07, 6.45) is 2.31. The SMILES string of the molecule is Cc1ccccc1NC(=O)N[C@@H](C)Cc1ccco1. The maximum atomic E-state index is 11.9. The Morgan fingerprint density at radius 3 is 2.74 bits per heavy atom. The number of urea groups is 1. The third-order valence-electron chi connectivity index (χ3n) is 2.86. The molecule has 0 aliphatic rings. The summed E-state index contributed by atoms with van der Waals surface area (Å²) in [7, 11) is 0. The van der Waals surface area contributed by atoms with Gasteiger partial charge in [-0.2, -0.15) is 0 Å². The minimum absolute atomic E-state index is 0.00942. The number of nitrogens with one attached hydrogen (secondary N) is 2. The lowest BCUT2D eigenvalue weighted by molar-refractivity contribution is 0.248. The van der Waals surface area contributed by atoms with Gasteiger partial charge in [-0.15, -0.1) is 0 Å². The molecular formula is C15H18N2O2. The summed E-state index contributed by atoms with van der Waals surface area (Å²) in [4.78, 5) is 11.9. The van der Waals surface area contributed by atoms with Gasteiger partial charge >= 0.3 is 6.03 Å². The number of carbonyl (C=O) groups is 1. The molecule has 4 heteroatoms. The Morgan fingerprint density at radius 2 is 2.05 bits per heavy atom. The fraction of sp³-hybridized carbons (Fsp3) is 0.267. The van der Waals surface area contributed by atoms with Gasteiger partial charge in [0.05, 0.1) is 6.26 Å². The molecule has 0 aliphatic carbocycles. The quantitative estimate of drug-likeness (QED) is 0.883. The first kappa shape index (κ1) is 13.2. The Balaban J connectivity index is 1.86. The summed E-state index contributed by atoms with van der Waals surface area (Å²) >= 11 is 0. The van der Waals surface area contributed by atoms with Gasteiger partial charge in [-0.05, 0) is 37.6 Å². The van der Waals surface area contributed by atoms with Gasteiger partial charge in [0, 0.05) is 18.2 Å². The van der Waals surface area contributed by atoms with Crippen LogP contribution in [0.5, 0.6) is 0 Å². The smallest absolute Gasteiger partial charge is 0.319 e. The summed E-state index contributed by atoms with van der Waals surface area (Å²) in [6.45, 7) is 3.90. The Morgan fingerprint density at radius 1 is 1.26 bits per heavy atom. The number of benzene rings is 1. The standard InChI is InChI=1S/C15H18N2O2/c1-11-6-3-4-8-14(11)17-15(18)16-12(2)10-13-7-5-9-19-13/h3-9,12H,10H2,1-2H3,(H2,16,17,18)/t12-/m0/s1. The van der Waals surface area contributed by atoms with Crippen molar-refractivity contribution >= 4 is 11.7 Å². The van der Waals surface area contributed by atoms with Crippen LogP contribution in [0.2, 0.25) is 0 Å². The Kier molecular flexibility index (Phi) is 4.23. The topological polar surface area (TPSA) is 54.3 Å². The van der Waals surface area contributed by atoms with Crippen molar-refractivity contribution in [3.63, 3.8) is 0 Å². The number of hydrogen-bond donors (Lipinski definition) is 2. The molecule has 1 atom stereocenters. The van der Waals surface area contributed by atoms with Crippen LogP contribution >= 0.6 is 0 Å². The number of para-hydroxylation sites is 1. The van der Waals surface area contributed by atoms with E-state index in [0.29, 0.717) is 6.42 Å². The van der Waals surface area contributed by atoms with Gasteiger partial charge in [0.1, 0.15) is 5.76 Å². The van der Waals surface area contributed by atoms with Crippen LogP contribution in [-0.2, 0) is 6.42 Å². The number of carbonyl (C=O) groups excluding carboxylic acids is 1. The molecule has 2 rings (SSSR count). The molecule has 2 aromatic rings. The van der Waals surface area contributed by atoms with Crippen LogP contribution in [0.25, 0.3) is 0 Å². The van der Waals surface area contributed by atoms with E-state index in [2.05, 4.69) is 10.6 Å². The van der Waals surface area contributed by atoms with E-state index in [1.807, 2.05) is 50.2 Å². The summed E-state index contributed by atoms with van der Waals surface area (Å²) in [5, 5.41) is 5.72. The molecule has 4 nitrogen and oxygen atoms in total. The highest BCUT2D eigenvalue weighted by molar-refractivity contribution is 5.90. The van der Waals surface area contributed by atoms with Crippen molar-refractivity contribution in [1.82, 2.24) is 5.32 Å². The van der Waals surface area contributed by atoms with Crippen molar-refractivity contribution in [3.05, 3.63) is 54.0 Å². The first-order valence-corrected chi connectivity index (χ1v) is 6.30. The lowest BCUT2D eigenvalue weighted by Crippen LogP contribution is -2.37. The monoisotopic (exact) mass is 258 g/mol. The highest BCUT2D eigenvalue weighted by atomic mass is 16.3. The Labute approximate surface area is 112 Å². The normalized spacial score (nSPS) is 11.9. The molecule has 0 fully saturated rings. The summed E-state index contributed by atoms with van der Waals surface area (Å²) in [6, 6.07) is 11.2. The van der Waals surface area contributed by atoms with E-state index in [9.17, 15) is 4.79 Å². The first-order valence-electron chi connectivity index (χ1n) is 6.30.